The van der Waals surface area contributed by atoms with Crippen LogP contribution < -0.4 is 10.1 Å². The highest BCUT2D eigenvalue weighted by Gasteiger charge is 2.17. The zero-order valence-electron chi connectivity index (χ0n) is 19.5. The van der Waals surface area contributed by atoms with Crippen molar-refractivity contribution in [2.45, 2.75) is 59.3 Å². The molecule has 0 bridgehead atoms. The molecule has 0 aromatic heterocycles. The van der Waals surface area contributed by atoms with E-state index in [9.17, 15) is 9.59 Å². The zero-order chi connectivity index (χ0) is 23.3. The second-order valence-electron chi connectivity index (χ2n) is 7.88. The van der Waals surface area contributed by atoms with Crippen LogP contribution in [0.15, 0.2) is 46.9 Å². The molecule has 0 spiro atoms. The van der Waals surface area contributed by atoms with Gasteiger partial charge in [-0.25, -0.2) is 0 Å². The van der Waals surface area contributed by atoms with Crippen molar-refractivity contribution in [3.63, 3.8) is 0 Å². The highest BCUT2D eigenvalue weighted by Crippen LogP contribution is 2.25. The number of hydrogen-bond donors (Lipinski definition) is 1. The Bertz CT molecular complexity index is 879. The minimum Gasteiger partial charge on any atom is -0.493 e. The van der Waals surface area contributed by atoms with Crippen LogP contribution in [-0.4, -0.2) is 36.4 Å². The molecule has 0 aliphatic carbocycles. The fourth-order valence-corrected chi connectivity index (χ4v) is 3.84. The molecule has 2 amide bonds. The number of unbranched alkanes of at least 4 members (excludes halogenated alkanes) is 3. The lowest BCUT2D eigenvalue weighted by Gasteiger charge is -2.21. The van der Waals surface area contributed by atoms with Gasteiger partial charge in [0.15, 0.2) is 0 Å². The first-order chi connectivity index (χ1) is 15.5. The maximum absolute atomic E-state index is 13.0. The summed E-state index contributed by atoms with van der Waals surface area (Å²) in [6.07, 6.45) is 6.24. The molecule has 5 nitrogen and oxygen atoms in total. The van der Waals surface area contributed by atoms with Gasteiger partial charge < -0.3 is 15.0 Å². The average Bonchev–Trinajstić information content (AvgIpc) is 2.79. The molecular formula is C26H35BrN2O3. The summed E-state index contributed by atoms with van der Waals surface area (Å²) in [5.41, 5.74) is 1.62. The van der Waals surface area contributed by atoms with E-state index < -0.39 is 0 Å². The minimum atomic E-state index is -0.265. The topological polar surface area (TPSA) is 58.6 Å². The Kier molecular flexibility index (Phi) is 11.3. The molecule has 0 aliphatic rings. The van der Waals surface area contributed by atoms with Crippen LogP contribution in [-0.2, 0) is 0 Å². The molecule has 174 valence electrons. The van der Waals surface area contributed by atoms with E-state index in [0.717, 1.165) is 43.2 Å². The number of carbonyl (C=O) groups is 2. The van der Waals surface area contributed by atoms with E-state index in [1.807, 2.05) is 17.0 Å². The molecule has 0 heterocycles. The van der Waals surface area contributed by atoms with E-state index in [1.54, 1.807) is 30.3 Å². The lowest BCUT2D eigenvalue weighted by Crippen LogP contribution is -2.32. The predicted molar refractivity (Wildman–Crippen MR) is 135 cm³/mol. The number of halogens is 1. The van der Waals surface area contributed by atoms with E-state index in [-0.39, 0.29) is 11.8 Å². The molecule has 32 heavy (non-hydrogen) atoms. The molecule has 0 unspecified atom stereocenters. The Hall–Kier alpha value is -2.34. The van der Waals surface area contributed by atoms with Gasteiger partial charge in [0.05, 0.1) is 12.2 Å². The second kappa shape index (κ2) is 13.9. The summed E-state index contributed by atoms with van der Waals surface area (Å²) in [7, 11) is 0. The van der Waals surface area contributed by atoms with Crippen LogP contribution >= 0.6 is 15.9 Å². The van der Waals surface area contributed by atoms with Crippen LogP contribution in [0.3, 0.4) is 0 Å². The number of rotatable bonds is 13. The lowest BCUT2D eigenvalue weighted by atomic mass is 10.1. The number of carbonyl (C=O) groups excluding carboxylic acids is 2. The third kappa shape index (κ3) is 7.97. The highest BCUT2D eigenvalue weighted by atomic mass is 79.9. The fourth-order valence-electron chi connectivity index (χ4n) is 3.48. The first-order valence-corrected chi connectivity index (χ1v) is 12.4. The summed E-state index contributed by atoms with van der Waals surface area (Å²) in [5.74, 6) is 0.285. The van der Waals surface area contributed by atoms with E-state index in [0.29, 0.717) is 29.2 Å². The standard InChI is InChI=1S/C26H35BrN2O3/c1-4-7-8-9-17-32-24-14-13-21(27)19-23(24)25(30)28-22-12-10-11-20(18-22)26(31)29(15-5-2)16-6-3/h10-14,18-19H,4-9,15-17H2,1-3H3,(H,28,30). The number of hydrogen-bond acceptors (Lipinski definition) is 3. The van der Waals surface area contributed by atoms with Crippen molar-refractivity contribution >= 4 is 33.4 Å². The van der Waals surface area contributed by atoms with E-state index in [2.05, 4.69) is 42.0 Å². The second-order valence-corrected chi connectivity index (χ2v) is 8.79. The maximum Gasteiger partial charge on any atom is 0.259 e. The minimum absolute atomic E-state index is 0.0108. The van der Waals surface area contributed by atoms with Crippen LogP contribution in [0.5, 0.6) is 5.75 Å². The Morgan fingerprint density at radius 2 is 1.69 bits per heavy atom. The van der Waals surface area contributed by atoms with Gasteiger partial charge >= 0.3 is 0 Å². The molecule has 2 aromatic carbocycles. The summed E-state index contributed by atoms with van der Waals surface area (Å²) in [6, 6.07) is 12.6. The van der Waals surface area contributed by atoms with Crippen LogP contribution in [0.25, 0.3) is 0 Å². The summed E-state index contributed by atoms with van der Waals surface area (Å²) in [5, 5.41) is 2.92. The van der Waals surface area contributed by atoms with E-state index >= 15 is 0 Å². The largest absolute Gasteiger partial charge is 0.493 e. The molecule has 0 radical (unpaired) electrons. The number of amides is 2. The van der Waals surface area contributed by atoms with E-state index in [1.165, 1.54) is 12.8 Å². The average molecular weight is 503 g/mol. The van der Waals surface area contributed by atoms with Gasteiger partial charge in [-0.3, -0.25) is 9.59 Å². The lowest BCUT2D eigenvalue weighted by molar-refractivity contribution is 0.0755. The summed E-state index contributed by atoms with van der Waals surface area (Å²) in [4.78, 5) is 27.8. The number of ether oxygens (including phenoxy) is 1. The van der Waals surface area contributed by atoms with E-state index in [4.69, 9.17) is 4.74 Å². The molecular weight excluding hydrogens is 468 g/mol. The molecule has 0 atom stereocenters. The van der Waals surface area contributed by atoms with Gasteiger partial charge in [0, 0.05) is 28.8 Å². The molecule has 6 heteroatoms. The number of nitrogens with zero attached hydrogens (tertiary/aromatic N) is 1. The van der Waals surface area contributed by atoms with Crippen LogP contribution in [0.2, 0.25) is 0 Å². The van der Waals surface area contributed by atoms with Gasteiger partial charge in [0.1, 0.15) is 5.75 Å². The normalized spacial score (nSPS) is 10.6. The van der Waals surface area contributed by atoms with Crippen molar-refractivity contribution < 1.29 is 14.3 Å². The molecule has 0 saturated heterocycles. The van der Waals surface area contributed by atoms with Crippen molar-refractivity contribution in [1.82, 2.24) is 4.90 Å². The Morgan fingerprint density at radius 1 is 0.938 bits per heavy atom. The Morgan fingerprint density at radius 3 is 2.38 bits per heavy atom. The van der Waals surface area contributed by atoms with Gasteiger partial charge in [-0.1, -0.05) is 62.0 Å². The Balaban J connectivity index is 2.13. The SMILES string of the molecule is CCCCCCOc1ccc(Br)cc1C(=O)Nc1cccc(C(=O)N(CCC)CCC)c1. The van der Waals surface area contributed by atoms with Gasteiger partial charge in [-0.2, -0.15) is 0 Å². The first kappa shape index (κ1) is 25.9. The number of anilines is 1. The van der Waals surface area contributed by atoms with Crippen LogP contribution in [0.1, 0.15) is 80.0 Å². The maximum atomic E-state index is 13.0. The number of nitrogens with one attached hydrogen (secondary N) is 1. The van der Waals surface area contributed by atoms with Crippen LogP contribution in [0, 0.1) is 0 Å². The molecule has 0 saturated carbocycles. The van der Waals surface area contributed by atoms with Gasteiger partial charge in [-0.15, -0.1) is 0 Å². The molecule has 2 aromatic rings. The third-order valence-corrected chi connectivity index (χ3v) is 5.58. The van der Waals surface area contributed by atoms with Gasteiger partial charge in [0.2, 0.25) is 0 Å². The van der Waals surface area contributed by atoms with Gasteiger partial charge in [0.25, 0.3) is 11.8 Å². The van der Waals surface area contributed by atoms with Crippen molar-refractivity contribution in [2.75, 3.05) is 25.0 Å². The smallest absolute Gasteiger partial charge is 0.259 e. The van der Waals surface area contributed by atoms with Crippen molar-refractivity contribution in [3.8, 4) is 5.75 Å². The summed E-state index contributed by atoms with van der Waals surface area (Å²) >= 11 is 3.44. The third-order valence-electron chi connectivity index (χ3n) is 5.08. The van der Waals surface area contributed by atoms with Crippen molar-refractivity contribution in [3.05, 3.63) is 58.1 Å². The first-order valence-electron chi connectivity index (χ1n) is 11.6. The quantitative estimate of drug-likeness (QED) is 0.302. The molecule has 0 aliphatic heterocycles. The zero-order valence-corrected chi connectivity index (χ0v) is 21.0. The molecule has 0 fully saturated rings. The molecule has 2 rings (SSSR count). The van der Waals surface area contributed by atoms with Gasteiger partial charge in [-0.05, 0) is 55.7 Å². The predicted octanol–water partition coefficient (Wildman–Crippen LogP) is 6.92. The highest BCUT2D eigenvalue weighted by molar-refractivity contribution is 9.10. The monoisotopic (exact) mass is 502 g/mol. The summed E-state index contributed by atoms with van der Waals surface area (Å²) in [6.45, 7) is 8.32. The number of benzene rings is 2. The van der Waals surface area contributed by atoms with Crippen LogP contribution in [0.4, 0.5) is 5.69 Å². The van der Waals surface area contributed by atoms with Crippen molar-refractivity contribution in [2.24, 2.45) is 0 Å². The summed E-state index contributed by atoms with van der Waals surface area (Å²) < 4.78 is 6.71. The van der Waals surface area contributed by atoms with Crippen molar-refractivity contribution in [1.29, 1.82) is 0 Å². The Labute approximate surface area is 200 Å². The fraction of sp³-hybridized carbons (Fsp3) is 0.462. The molecule has 1 N–H and O–H groups in total.